The van der Waals surface area contributed by atoms with Crippen LogP contribution in [0, 0.1) is 0 Å². The summed E-state index contributed by atoms with van der Waals surface area (Å²) in [6.07, 6.45) is 0. The summed E-state index contributed by atoms with van der Waals surface area (Å²) >= 11 is 6.17. The standard InChI is InChI=1S/C15H19ClN6/c16-13-12(14(17)20-15(18)19-13)22-8-6-21(7-9-22)10-11-4-2-1-3-5-11/h1-5H,6-10H2,(H4,17,18,19,20). The molecule has 1 aliphatic heterocycles. The summed E-state index contributed by atoms with van der Waals surface area (Å²) < 4.78 is 0. The van der Waals surface area contributed by atoms with Crippen LogP contribution in [0.25, 0.3) is 0 Å². The number of hydrogen-bond donors (Lipinski definition) is 2. The number of benzene rings is 1. The van der Waals surface area contributed by atoms with Crippen molar-refractivity contribution in [3.8, 4) is 0 Å². The normalized spacial score (nSPS) is 16.0. The van der Waals surface area contributed by atoms with Gasteiger partial charge >= 0.3 is 0 Å². The molecule has 3 rings (SSSR count). The summed E-state index contributed by atoms with van der Waals surface area (Å²) in [5, 5.41) is 0.321. The maximum absolute atomic E-state index is 6.17. The molecule has 6 nitrogen and oxygen atoms in total. The smallest absolute Gasteiger partial charge is 0.223 e. The Morgan fingerprint density at radius 2 is 1.68 bits per heavy atom. The fraction of sp³-hybridized carbons (Fsp3) is 0.333. The maximum atomic E-state index is 6.17. The molecule has 2 heterocycles. The number of nitrogens with two attached hydrogens (primary N) is 2. The van der Waals surface area contributed by atoms with Gasteiger partial charge in [0, 0.05) is 32.7 Å². The Balaban J connectivity index is 1.65. The average Bonchev–Trinajstić information content (AvgIpc) is 2.49. The number of anilines is 3. The van der Waals surface area contributed by atoms with E-state index in [1.807, 2.05) is 6.07 Å². The summed E-state index contributed by atoms with van der Waals surface area (Å²) in [5.74, 6) is 0.447. The van der Waals surface area contributed by atoms with Gasteiger partial charge in [-0.1, -0.05) is 41.9 Å². The lowest BCUT2D eigenvalue weighted by Crippen LogP contribution is -2.46. The van der Waals surface area contributed by atoms with Crippen molar-refractivity contribution in [3.05, 3.63) is 41.0 Å². The van der Waals surface area contributed by atoms with Gasteiger partial charge in [0.05, 0.1) is 0 Å². The van der Waals surface area contributed by atoms with Gasteiger partial charge in [0.2, 0.25) is 5.95 Å². The lowest BCUT2D eigenvalue weighted by Gasteiger charge is -2.36. The molecule has 1 aliphatic rings. The second kappa shape index (κ2) is 6.37. The van der Waals surface area contributed by atoms with Crippen LogP contribution >= 0.6 is 11.6 Å². The van der Waals surface area contributed by atoms with E-state index in [-0.39, 0.29) is 5.95 Å². The van der Waals surface area contributed by atoms with Crippen molar-refractivity contribution < 1.29 is 0 Å². The van der Waals surface area contributed by atoms with Crippen molar-refractivity contribution in [2.45, 2.75) is 6.54 Å². The summed E-state index contributed by atoms with van der Waals surface area (Å²) in [5.41, 5.74) is 13.5. The van der Waals surface area contributed by atoms with E-state index in [0.717, 1.165) is 32.7 Å². The zero-order valence-electron chi connectivity index (χ0n) is 12.2. The van der Waals surface area contributed by atoms with Crippen molar-refractivity contribution in [2.75, 3.05) is 42.5 Å². The van der Waals surface area contributed by atoms with E-state index in [1.165, 1.54) is 5.56 Å². The highest BCUT2D eigenvalue weighted by Gasteiger charge is 2.22. The van der Waals surface area contributed by atoms with Gasteiger partial charge in [0.25, 0.3) is 0 Å². The van der Waals surface area contributed by atoms with Crippen LogP contribution < -0.4 is 16.4 Å². The Bertz CT molecular complexity index is 617. The molecule has 0 spiro atoms. The number of rotatable bonds is 3. The number of aromatic nitrogens is 2. The van der Waals surface area contributed by atoms with Crippen molar-refractivity contribution >= 4 is 29.1 Å². The lowest BCUT2D eigenvalue weighted by atomic mass is 10.2. The van der Waals surface area contributed by atoms with E-state index in [4.69, 9.17) is 23.1 Å². The van der Waals surface area contributed by atoms with Crippen LogP contribution in [0.1, 0.15) is 5.56 Å². The van der Waals surface area contributed by atoms with Crippen molar-refractivity contribution in [3.63, 3.8) is 0 Å². The second-order valence-electron chi connectivity index (χ2n) is 5.36. The quantitative estimate of drug-likeness (QED) is 0.837. The number of piperazine rings is 1. The van der Waals surface area contributed by atoms with E-state index >= 15 is 0 Å². The molecular weight excluding hydrogens is 300 g/mol. The van der Waals surface area contributed by atoms with Crippen LogP contribution in [0.4, 0.5) is 17.5 Å². The van der Waals surface area contributed by atoms with Crippen LogP contribution in [-0.2, 0) is 6.54 Å². The highest BCUT2D eigenvalue weighted by Crippen LogP contribution is 2.30. The third-order valence-electron chi connectivity index (χ3n) is 3.82. The number of hydrogen-bond acceptors (Lipinski definition) is 6. The van der Waals surface area contributed by atoms with Gasteiger partial charge in [0.15, 0.2) is 11.0 Å². The molecule has 7 heteroatoms. The Morgan fingerprint density at radius 1 is 1.00 bits per heavy atom. The van der Waals surface area contributed by atoms with Gasteiger partial charge in [-0.05, 0) is 5.56 Å². The minimum Gasteiger partial charge on any atom is -0.382 e. The molecular formula is C15H19ClN6. The van der Waals surface area contributed by atoms with Gasteiger partial charge in [-0.2, -0.15) is 9.97 Å². The molecule has 1 aromatic carbocycles. The molecule has 4 N–H and O–H groups in total. The molecule has 0 amide bonds. The van der Waals surface area contributed by atoms with Gasteiger partial charge in [-0.3, -0.25) is 4.90 Å². The van der Waals surface area contributed by atoms with E-state index in [1.54, 1.807) is 0 Å². The predicted octanol–water partition coefficient (Wildman–Crippen LogP) is 1.62. The van der Waals surface area contributed by atoms with Crippen LogP contribution in [0.5, 0.6) is 0 Å². The van der Waals surface area contributed by atoms with Crippen molar-refractivity contribution in [1.29, 1.82) is 0 Å². The Hall–Kier alpha value is -2.05. The van der Waals surface area contributed by atoms with E-state index in [2.05, 4.69) is 44.0 Å². The van der Waals surface area contributed by atoms with Crippen LogP contribution in [-0.4, -0.2) is 41.0 Å². The molecule has 116 valence electrons. The summed E-state index contributed by atoms with van der Waals surface area (Å²) in [4.78, 5) is 12.5. The Kier molecular flexibility index (Phi) is 4.31. The molecule has 1 saturated heterocycles. The third kappa shape index (κ3) is 3.23. The zero-order valence-corrected chi connectivity index (χ0v) is 13.0. The first-order valence-corrected chi connectivity index (χ1v) is 7.61. The maximum Gasteiger partial charge on any atom is 0.223 e. The highest BCUT2D eigenvalue weighted by molar-refractivity contribution is 6.32. The fourth-order valence-corrected chi connectivity index (χ4v) is 3.03. The predicted molar refractivity (Wildman–Crippen MR) is 89.8 cm³/mol. The summed E-state index contributed by atoms with van der Waals surface area (Å²) in [6.45, 7) is 4.51. The molecule has 0 unspecified atom stereocenters. The third-order valence-corrected chi connectivity index (χ3v) is 4.09. The summed E-state index contributed by atoms with van der Waals surface area (Å²) in [6, 6.07) is 10.5. The monoisotopic (exact) mass is 318 g/mol. The molecule has 1 fully saturated rings. The fourth-order valence-electron chi connectivity index (χ4n) is 2.72. The van der Waals surface area contributed by atoms with Gasteiger partial charge in [-0.25, -0.2) is 0 Å². The molecule has 2 aromatic rings. The van der Waals surface area contributed by atoms with Crippen LogP contribution in [0.15, 0.2) is 30.3 Å². The number of nitrogens with zero attached hydrogens (tertiary/aromatic N) is 4. The minimum absolute atomic E-state index is 0.106. The van der Waals surface area contributed by atoms with E-state index < -0.39 is 0 Å². The first-order valence-electron chi connectivity index (χ1n) is 7.23. The Labute approximate surface area is 134 Å². The largest absolute Gasteiger partial charge is 0.382 e. The van der Waals surface area contributed by atoms with E-state index in [0.29, 0.717) is 16.7 Å². The lowest BCUT2D eigenvalue weighted by molar-refractivity contribution is 0.250. The van der Waals surface area contributed by atoms with Gasteiger partial charge < -0.3 is 16.4 Å². The van der Waals surface area contributed by atoms with Crippen molar-refractivity contribution in [1.82, 2.24) is 14.9 Å². The van der Waals surface area contributed by atoms with Gasteiger partial charge in [-0.15, -0.1) is 0 Å². The molecule has 1 aromatic heterocycles. The molecule has 0 radical (unpaired) electrons. The molecule has 0 bridgehead atoms. The minimum atomic E-state index is 0.106. The first kappa shape index (κ1) is 14.9. The van der Waals surface area contributed by atoms with Gasteiger partial charge in [0.1, 0.15) is 5.69 Å². The molecule has 22 heavy (non-hydrogen) atoms. The van der Waals surface area contributed by atoms with E-state index in [9.17, 15) is 0 Å². The first-order chi connectivity index (χ1) is 10.6. The molecule has 0 aliphatic carbocycles. The summed E-state index contributed by atoms with van der Waals surface area (Å²) in [7, 11) is 0. The van der Waals surface area contributed by atoms with Crippen molar-refractivity contribution in [2.24, 2.45) is 0 Å². The Morgan fingerprint density at radius 3 is 2.32 bits per heavy atom. The highest BCUT2D eigenvalue weighted by atomic mass is 35.5. The zero-order chi connectivity index (χ0) is 15.5. The molecule has 0 saturated carbocycles. The van der Waals surface area contributed by atoms with Crippen LogP contribution in [0.3, 0.4) is 0 Å². The molecule has 0 atom stereocenters. The number of halogens is 1. The SMILES string of the molecule is Nc1nc(N)c(N2CCN(Cc3ccccc3)CC2)c(Cl)n1. The second-order valence-corrected chi connectivity index (χ2v) is 5.71. The topological polar surface area (TPSA) is 84.3 Å². The average molecular weight is 319 g/mol. The number of nitrogen functional groups attached to an aromatic ring is 2. The van der Waals surface area contributed by atoms with Crippen LogP contribution in [0.2, 0.25) is 5.15 Å².